The summed E-state index contributed by atoms with van der Waals surface area (Å²) in [6.07, 6.45) is 8.83. The van der Waals surface area contributed by atoms with Gasteiger partial charge in [0.1, 0.15) is 0 Å². The van der Waals surface area contributed by atoms with Crippen molar-refractivity contribution in [2.24, 2.45) is 5.92 Å². The summed E-state index contributed by atoms with van der Waals surface area (Å²) >= 11 is 0. The summed E-state index contributed by atoms with van der Waals surface area (Å²) in [5.74, 6) is 0.0692. The quantitative estimate of drug-likeness (QED) is 0.701. The molecule has 0 spiro atoms. The molecule has 3 heteroatoms. The predicted octanol–water partition coefficient (Wildman–Crippen LogP) is 2.97. The SMILES string of the molecule is CC/C(=C/CNC1CCCC(CC)C1)C(=O)O. The third-order valence-electron chi connectivity index (χ3n) is 3.77. The molecule has 0 aromatic rings. The molecule has 0 amide bonds. The monoisotopic (exact) mass is 239 g/mol. The van der Waals surface area contributed by atoms with Crippen molar-refractivity contribution in [2.75, 3.05) is 6.54 Å². The van der Waals surface area contributed by atoms with Crippen LogP contribution >= 0.6 is 0 Å². The molecule has 0 bridgehead atoms. The van der Waals surface area contributed by atoms with Gasteiger partial charge in [0, 0.05) is 18.2 Å². The second kappa shape index (κ2) is 7.49. The summed E-state index contributed by atoms with van der Waals surface area (Å²) in [7, 11) is 0. The van der Waals surface area contributed by atoms with E-state index in [2.05, 4.69) is 12.2 Å². The van der Waals surface area contributed by atoms with Crippen LogP contribution in [-0.2, 0) is 4.79 Å². The molecule has 98 valence electrons. The van der Waals surface area contributed by atoms with Gasteiger partial charge in [-0.3, -0.25) is 0 Å². The van der Waals surface area contributed by atoms with E-state index >= 15 is 0 Å². The minimum Gasteiger partial charge on any atom is -0.478 e. The van der Waals surface area contributed by atoms with Gasteiger partial charge in [0.15, 0.2) is 0 Å². The maximum atomic E-state index is 10.8. The maximum absolute atomic E-state index is 10.8. The highest BCUT2D eigenvalue weighted by atomic mass is 16.4. The second-order valence-electron chi connectivity index (χ2n) is 4.93. The molecule has 2 unspecified atom stereocenters. The molecule has 1 saturated carbocycles. The Morgan fingerprint density at radius 1 is 1.41 bits per heavy atom. The van der Waals surface area contributed by atoms with Crippen molar-refractivity contribution >= 4 is 5.97 Å². The number of carboxylic acids is 1. The molecule has 0 heterocycles. The molecule has 0 radical (unpaired) electrons. The highest BCUT2D eigenvalue weighted by molar-refractivity contribution is 5.86. The Morgan fingerprint density at radius 2 is 2.18 bits per heavy atom. The fourth-order valence-electron chi connectivity index (χ4n) is 2.58. The Morgan fingerprint density at radius 3 is 2.76 bits per heavy atom. The van der Waals surface area contributed by atoms with Crippen LogP contribution in [0.25, 0.3) is 0 Å². The first-order chi connectivity index (χ1) is 8.17. The van der Waals surface area contributed by atoms with Crippen molar-refractivity contribution < 1.29 is 9.90 Å². The molecular formula is C14H25NO2. The van der Waals surface area contributed by atoms with Gasteiger partial charge in [-0.1, -0.05) is 39.2 Å². The van der Waals surface area contributed by atoms with Gasteiger partial charge in [0.25, 0.3) is 0 Å². The van der Waals surface area contributed by atoms with Crippen molar-refractivity contribution in [1.82, 2.24) is 5.32 Å². The van der Waals surface area contributed by atoms with Crippen molar-refractivity contribution in [2.45, 2.75) is 58.4 Å². The molecule has 0 aliphatic heterocycles. The summed E-state index contributed by atoms with van der Waals surface area (Å²) in [5, 5.41) is 12.4. The van der Waals surface area contributed by atoms with Crippen LogP contribution in [0.2, 0.25) is 0 Å². The summed E-state index contributed by atoms with van der Waals surface area (Å²) in [5.41, 5.74) is 0.514. The van der Waals surface area contributed by atoms with E-state index in [1.165, 1.54) is 32.1 Å². The third kappa shape index (κ3) is 4.90. The minimum atomic E-state index is -0.788. The lowest BCUT2D eigenvalue weighted by Gasteiger charge is -2.28. The average molecular weight is 239 g/mol. The predicted molar refractivity (Wildman–Crippen MR) is 70.0 cm³/mol. The Balaban J connectivity index is 2.32. The Bertz CT molecular complexity index is 273. The number of rotatable bonds is 6. The van der Waals surface area contributed by atoms with Crippen molar-refractivity contribution in [3.8, 4) is 0 Å². The van der Waals surface area contributed by atoms with Gasteiger partial charge < -0.3 is 10.4 Å². The molecule has 3 nitrogen and oxygen atoms in total. The zero-order valence-corrected chi connectivity index (χ0v) is 11.0. The molecule has 2 atom stereocenters. The van der Waals surface area contributed by atoms with Gasteiger partial charge >= 0.3 is 5.97 Å². The molecule has 1 fully saturated rings. The van der Waals surface area contributed by atoms with E-state index in [1.807, 2.05) is 13.0 Å². The molecule has 2 N–H and O–H groups in total. The number of aliphatic carboxylic acids is 1. The van der Waals surface area contributed by atoms with Gasteiger partial charge in [-0.15, -0.1) is 0 Å². The second-order valence-corrected chi connectivity index (χ2v) is 4.93. The number of carboxylic acid groups (broad SMARTS) is 1. The van der Waals surface area contributed by atoms with Gasteiger partial charge in [-0.25, -0.2) is 4.79 Å². The first-order valence-electron chi connectivity index (χ1n) is 6.83. The van der Waals surface area contributed by atoms with Crippen LogP contribution in [0.4, 0.5) is 0 Å². The van der Waals surface area contributed by atoms with Gasteiger partial charge in [0.05, 0.1) is 0 Å². The van der Waals surface area contributed by atoms with Crippen molar-refractivity contribution in [1.29, 1.82) is 0 Å². The topological polar surface area (TPSA) is 49.3 Å². The van der Waals surface area contributed by atoms with E-state index in [9.17, 15) is 4.79 Å². The van der Waals surface area contributed by atoms with E-state index in [0.717, 1.165) is 5.92 Å². The highest BCUT2D eigenvalue weighted by Gasteiger charge is 2.19. The van der Waals surface area contributed by atoms with Crippen LogP contribution in [0.1, 0.15) is 52.4 Å². The van der Waals surface area contributed by atoms with E-state index in [1.54, 1.807) is 0 Å². The molecule has 17 heavy (non-hydrogen) atoms. The summed E-state index contributed by atoms with van der Waals surface area (Å²) < 4.78 is 0. The fraction of sp³-hybridized carbons (Fsp3) is 0.786. The Labute approximate surface area is 104 Å². The van der Waals surface area contributed by atoms with Crippen LogP contribution in [-0.4, -0.2) is 23.7 Å². The lowest BCUT2D eigenvalue weighted by atomic mass is 9.84. The molecule has 1 aliphatic rings. The van der Waals surface area contributed by atoms with Crippen molar-refractivity contribution in [3.05, 3.63) is 11.6 Å². The fourth-order valence-corrected chi connectivity index (χ4v) is 2.58. The van der Waals surface area contributed by atoms with E-state index < -0.39 is 5.97 Å². The summed E-state index contributed by atoms with van der Waals surface area (Å²) in [6, 6.07) is 0.580. The van der Waals surface area contributed by atoms with Gasteiger partial charge in [-0.2, -0.15) is 0 Å². The average Bonchev–Trinajstić information content (AvgIpc) is 2.34. The van der Waals surface area contributed by atoms with Gasteiger partial charge in [0.2, 0.25) is 0 Å². The highest BCUT2D eigenvalue weighted by Crippen LogP contribution is 2.26. The smallest absolute Gasteiger partial charge is 0.331 e. The first-order valence-corrected chi connectivity index (χ1v) is 6.83. The van der Waals surface area contributed by atoms with Gasteiger partial charge in [-0.05, 0) is 25.2 Å². The Kier molecular flexibility index (Phi) is 6.27. The molecule has 1 rings (SSSR count). The normalized spacial score (nSPS) is 25.9. The van der Waals surface area contributed by atoms with Crippen LogP contribution in [0.5, 0.6) is 0 Å². The number of hydrogen-bond acceptors (Lipinski definition) is 2. The molecule has 0 saturated heterocycles. The van der Waals surface area contributed by atoms with Crippen LogP contribution < -0.4 is 5.32 Å². The molecule has 0 aromatic heterocycles. The van der Waals surface area contributed by atoms with Crippen molar-refractivity contribution in [3.63, 3.8) is 0 Å². The Hall–Kier alpha value is -0.830. The van der Waals surface area contributed by atoms with Crippen LogP contribution in [0.3, 0.4) is 0 Å². The number of carbonyl (C=O) groups is 1. The summed E-state index contributed by atoms with van der Waals surface area (Å²) in [4.78, 5) is 10.8. The zero-order chi connectivity index (χ0) is 12.7. The number of hydrogen-bond donors (Lipinski definition) is 2. The third-order valence-corrected chi connectivity index (χ3v) is 3.77. The summed E-state index contributed by atoms with van der Waals surface area (Å²) in [6.45, 7) is 4.83. The minimum absolute atomic E-state index is 0.514. The number of nitrogens with one attached hydrogen (secondary N) is 1. The first kappa shape index (κ1) is 14.2. The standard InChI is InChI=1S/C14H25NO2/c1-3-11-6-5-7-13(10-11)15-9-8-12(4-2)14(16)17/h8,11,13,15H,3-7,9-10H2,1-2H3,(H,16,17)/b12-8-. The lowest BCUT2D eigenvalue weighted by Crippen LogP contribution is -2.34. The van der Waals surface area contributed by atoms with Crippen LogP contribution in [0, 0.1) is 5.92 Å². The van der Waals surface area contributed by atoms with E-state index in [-0.39, 0.29) is 0 Å². The van der Waals surface area contributed by atoms with E-state index in [0.29, 0.717) is 24.6 Å². The largest absolute Gasteiger partial charge is 0.478 e. The lowest BCUT2D eigenvalue weighted by molar-refractivity contribution is -0.132. The van der Waals surface area contributed by atoms with Crippen LogP contribution in [0.15, 0.2) is 11.6 Å². The van der Waals surface area contributed by atoms with E-state index in [4.69, 9.17) is 5.11 Å². The molecule has 1 aliphatic carbocycles. The molecular weight excluding hydrogens is 214 g/mol. The molecule has 0 aromatic carbocycles. The maximum Gasteiger partial charge on any atom is 0.331 e. The zero-order valence-electron chi connectivity index (χ0n) is 11.0.